The monoisotopic (exact) mass is 267 g/mol. The van der Waals surface area contributed by atoms with Crippen LogP contribution in [0.3, 0.4) is 0 Å². The van der Waals surface area contributed by atoms with Gasteiger partial charge < -0.3 is 10.1 Å². The molecule has 0 amide bonds. The van der Waals surface area contributed by atoms with Crippen molar-refractivity contribution in [3.8, 4) is 5.75 Å². The van der Waals surface area contributed by atoms with Crippen molar-refractivity contribution >= 4 is 11.8 Å². The largest absolute Gasteiger partial charge is 0.494 e. The molecule has 1 N–H and O–H groups in total. The zero-order chi connectivity index (χ0) is 13.2. The summed E-state index contributed by atoms with van der Waals surface area (Å²) in [6, 6.07) is 8.70. The van der Waals surface area contributed by atoms with Crippen LogP contribution in [-0.2, 0) is 0 Å². The summed E-state index contributed by atoms with van der Waals surface area (Å²) >= 11 is 2.01. The van der Waals surface area contributed by atoms with Crippen molar-refractivity contribution in [1.29, 1.82) is 0 Å². The van der Waals surface area contributed by atoms with E-state index in [1.807, 2.05) is 31.8 Å². The number of benzene rings is 1. The molecule has 1 aromatic carbocycles. The molecular weight excluding hydrogens is 242 g/mol. The summed E-state index contributed by atoms with van der Waals surface area (Å²) in [5, 5.41) is 3.39. The first kappa shape index (κ1) is 15.4. The molecule has 0 aliphatic carbocycles. The Morgan fingerprint density at radius 1 is 1.28 bits per heavy atom. The molecule has 2 nitrogen and oxygen atoms in total. The lowest BCUT2D eigenvalue weighted by Gasteiger charge is -2.19. The number of thioether (sulfide) groups is 1. The number of ether oxygens (including phenoxy) is 1. The van der Waals surface area contributed by atoms with Gasteiger partial charge in [0.15, 0.2) is 0 Å². The first-order chi connectivity index (χ1) is 8.83. The van der Waals surface area contributed by atoms with E-state index in [1.54, 1.807) is 0 Å². The van der Waals surface area contributed by atoms with Crippen molar-refractivity contribution in [2.75, 3.05) is 25.2 Å². The molecule has 102 valence electrons. The third-order valence-electron chi connectivity index (χ3n) is 2.87. The van der Waals surface area contributed by atoms with Gasteiger partial charge in [-0.3, -0.25) is 0 Å². The van der Waals surface area contributed by atoms with E-state index in [4.69, 9.17) is 4.74 Å². The summed E-state index contributed by atoms with van der Waals surface area (Å²) in [6.45, 7) is 4.98. The number of hydrogen-bond acceptors (Lipinski definition) is 3. The van der Waals surface area contributed by atoms with Crippen LogP contribution in [0.25, 0.3) is 0 Å². The first-order valence-electron chi connectivity index (χ1n) is 6.80. The summed E-state index contributed by atoms with van der Waals surface area (Å²) in [6.07, 6.45) is 2.57. The maximum absolute atomic E-state index is 5.70. The predicted octanol–water partition coefficient (Wildman–Crippen LogP) is 3.88. The minimum atomic E-state index is 0.370. The van der Waals surface area contributed by atoms with Gasteiger partial charge in [-0.05, 0) is 32.2 Å². The molecule has 0 bridgehead atoms. The normalized spacial score (nSPS) is 12.4. The zero-order valence-corrected chi connectivity index (χ0v) is 12.6. The van der Waals surface area contributed by atoms with Gasteiger partial charge in [-0.2, -0.15) is 11.8 Å². The summed E-state index contributed by atoms with van der Waals surface area (Å²) in [4.78, 5) is 0. The van der Waals surface area contributed by atoms with E-state index in [0.717, 1.165) is 18.1 Å². The van der Waals surface area contributed by atoms with Crippen LogP contribution < -0.4 is 10.1 Å². The van der Waals surface area contributed by atoms with Gasteiger partial charge in [0.05, 0.1) is 6.61 Å². The van der Waals surface area contributed by atoms with Crippen LogP contribution >= 0.6 is 11.8 Å². The van der Waals surface area contributed by atoms with Crippen molar-refractivity contribution in [3.63, 3.8) is 0 Å². The van der Waals surface area contributed by atoms with E-state index < -0.39 is 0 Å². The van der Waals surface area contributed by atoms with Crippen LogP contribution in [0, 0.1) is 0 Å². The molecule has 1 atom stereocenters. The average molecular weight is 267 g/mol. The fourth-order valence-electron chi connectivity index (χ4n) is 1.83. The molecule has 1 unspecified atom stereocenters. The standard InChI is InChI=1S/C15H25NOS/c1-4-6-11-18-12-14(16-3)13-9-7-8-10-15(13)17-5-2/h7-10,14,16H,4-6,11-12H2,1-3H3. The number of hydrogen-bond donors (Lipinski definition) is 1. The molecule has 0 aliphatic heterocycles. The van der Waals surface area contributed by atoms with Crippen molar-refractivity contribution in [3.05, 3.63) is 29.8 Å². The molecule has 3 heteroatoms. The minimum absolute atomic E-state index is 0.370. The van der Waals surface area contributed by atoms with Crippen molar-refractivity contribution in [1.82, 2.24) is 5.32 Å². The Morgan fingerprint density at radius 3 is 2.72 bits per heavy atom. The second-order valence-corrected chi connectivity index (χ2v) is 5.39. The van der Waals surface area contributed by atoms with Gasteiger partial charge in [-0.15, -0.1) is 0 Å². The topological polar surface area (TPSA) is 21.3 Å². The van der Waals surface area contributed by atoms with Crippen LogP contribution in [0.4, 0.5) is 0 Å². The highest BCUT2D eigenvalue weighted by Gasteiger charge is 2.13. The summed E-state index contributed by atoms with van der Waals surface area (Å²) < 4.78 is 5.70. The number of unbranched alkanes of at least 4 members (excludes halogenated alkanes) is 1. The molecule has 18 heavy (non-hydrogen) atoms. The lowest BCUT2D eigenvalue weighted by Crippen LogP contribution is -2.20. The first-order valence-corrected chi connectivity index (χ1v) is 7.95. The molecule has 0 saturated heterocycles. The van der Waals surface area contributed by atoms with Crippen LogP contribution in [0.1, 0.15) is 38.3 Å². The highest BCUT2D eigenvalue weighted by atomic mass is 32.2. The van der Waals surface area contributed by atoms with E-state index in [9.17, 15) is 0 Å². The average Bonchev–Trinajstić information content (AvgIpc) is 2.41. The van der Waals surface area contributed by atoms with Gasteiger partial charge in [-0.1, -0.05) is 31.5 Å². The fourth-order valence-corrected chi connectivity index (χ4v) is 3.07. The summed E-state index contributed by atoms with van der Waals surface area (Å²) in [7, 11) is 2.02. The van der Waals surface area contributed by atoms with Crippen molar-refractivity contribution < 1.29 is 4.74 Å². The third-order valence-corrected chi connectivity index (χ3v) is 4.02. The fraction of sp³-hybridized carbons (Fsp3) is 0.600. The number of rotatable bonds is 9. The highest BCUT2D eigenvalue weighted by Crippen LogP contribution is 2.27. The van der Waals surface area contributed by atoms with Crippen LogP contribution in [0.2, 0.25) is 0 Å². The van der Waals surface area contributed by atoms with Crippen LogP contribution in [0.5, 0.6) is 5.75 Å². The molecule has 0 spiro atoms. The van der Waals surface area contributed by atoms with Crippen molar-refractivity contribution in [2.45, 2.75) is 32.7 Å². The molecule has 0 aromatic heterocycles. The maximum atomic E-state index is 5.70. The van der Waals surface area contributed by atoms with Gasteiger partial charge in [-0.25, -0.2) is 0 Å². The van der Waals surface area contributed by atoms with Crippen LogP contribution in [-0.4, -0.2) is 25.2 Å². The Bertz CT molecular complexity index is 330. The van der Waals surface area contributed by atoms with Gasteiger partial charge in [0.25, 0.3) is 0 Å². The molecule has 0 saturated carbocycles. The Hall–Kier alpha value is -0.670. The SMILES string of the molecule is CCCCSCC(NC)c1ccccc1OCC. The Kier molecular flexibility index (Phi) is 7.94. The summed E-state index contributed by atoms with van der Waals surface area (Å²) in [5.41, 5.74) is 1.27. The quantitative estimate of drug-likeness (QED) is 0.686. The smallest absolute Gasteiger partial charge is 0.124 e. The van der Waals surface area contributed by atoms with Gasteiger partial charge in [0.2, 0.25) is 0 Å². The number of para-hydroxylation sites is 1. The summed E-state index contributed by atoms with van der Waals surface area (Å²) in [5.74, 6) is 3.35. The van der Waals surface area contributed by atoms with E-state index in [-0.39, 0.29) is 0 Å². The van der Waals surface area contributed by atoms with Crippen LogP contribution in [0.15, 0.2) is 24.3 Å². The molecule has 0 fully saturated rings. The van der Waals surface area contributed by atoms with Gasteiger partial charge in [0.1, 0.15) is 5.75 Å². The molecule has 1 aromatic rings. The van der Waals surface area contributed by atoms with E-state index in [2.05, 4.69) is 30.4 Å². The van der Waals surface area contributed by atoms with E-state index in [0.29, 0.717) is 6.04 Å². The minimum Gasteiger partial charge on any atom is -0.494 e. The molecule has 0 heterocycles. The molecule has 0 aliphatic rings. The lowest BCUT2D eigenvalue weighted by molar-refractivity contribution is 0.333. The molecule has 1 rings (SSSR count). The van der Waals surface area contributed by atoms with Gasteiger partial charge in [0, 0.05) is 17.4 Å². The zero-order valence-electron chi connectivity index (χ0n) is 11.7. The van der Waals surface area contributed by atoms with E-state index >= 15 is 0 Å². The Labute approximate surface area is 116 Å². The Morgan fingerprint density at radius 2 is 2.06 bits per heavy atom. The lowest BCUT2D eigenvalue weighted by atomic mass is 10.1. The molecule has 0 radical (unpaired) electrons. The number of nitrogens with one attached hydrogen (secondary N) is 1. The highest BCUT2D eigenvalue weighted by molar-refractivity contribution is 7.99. The second kappa shape index (κ2) is 9.29. The maximum Gasteiger partial charge on any atom is 0.124 e. The van der Waals surface area contributed by atoms with E-state index in [1.165, 1.54) is 24.2 Å². The molecular formula is C15H25NOS. The second-order valence-electron chi connectivity index (χ2n) is 4.24. The van der Waals surface area contributed by atoms with Crippen molar-refractivity contribution in [2.24, 2.45) is 0 Å². The van der Waals surface area contributed by atoms with Gasteiger partial charge >= 0.3 is 0 Å². The Balaban J connectivity index is 2.62. The third kappa shape index (κ3) is 4.91. The predicted molar refractivity (Wildman–Crippen MR) is 81.6 cm³/mol.